The molecule has 0 radical (unpaired) electrons. The molecule has 0 heterocycles. The molecule has 0 saturated heterocycles. The zero-order valence-electron chi connectivity index (χ0n) is 10.6. The molecule has 0 spiro atoms. The van der Waals surface area contributed by atoms with Gasteiger partial charge in [-0.25, -0.2) is 9.18 Å². The molecule has 1 aromatic rings. The Bertz CT molecular complexity index is 501. The molecule has 1 aliphatic rings. The normalized spacial score (nSPS) is 20.1. The maximum absolute atomic E-state index is 13.7. The van der Waals surface area contributed by atoms with E-state index in [2.05, 4.69) is 27.7 Å². The van der Waals surface area contributed by atoms with Crippen LogP contribution in [0.1, 0.15) is 55.6 Å². The molecular formula is C14H17FO2. The van der Waals surface area contributed by atoms with Gasteiger partial charge in [-0.15, -0.1) is 0 Å². The van der Waals surface area contributed by atoms with Gasteiger partial charge in [0.25, 0.3) is 0 Å². The molecule has 0 unspecified atom stereocenters. The first-order valence-electron chi connectivity index (χ1n) is 5.73. The Morgan fingerprint density at radius 2 is 1.65 bits per heavy atom. The van der Waals surface area contributed by atoms with Crippen molar-refractivity contribution in [3.8, 4) is 0 Å². The van der Waals surface area contributed by atoms with Gasteiger partial charge in [0, 0.05) is 0 Å². The minimum Gasteiger partial charge on any atom is -0.478 e. The summed E-state index contributed by atoms with van der Waals surface area (Å²) in [6.07, 6.45) is 0.901. The van der Waals surface area contributed by atoms with Gasteiger partial charge in [-0.05, 0) is 40.5 Å². The van der Waals surface area contributed by atoms with Gasteiger partial charge < -0.3 is 5.11 Å². The van der Waals surface area contributed by atoms with Crippen molar-refractivity contribution in [1.29, 1.82) is 0 Å². The SMILES string of the molecule is CC1(C)CC(C)(C)c2cc(C(=O)O)c(F)cc21. The third-order valence-corrected chi connectivity index (χ3v) is 3.68. The lowest BCUT2D eigenvalue weighted by atomic mass is 9.82. The second-order valence-electron chi connectivity index (χ2n) is 6.13. The number of hydrogen-bond acceptors (Lipinski definition) is 1. The topological polar surface area (TPSA) is 37.3 Å². The van der Waals surface area contributed by atoms with Crippen LogP contribution >= 0.6 is 0 Å². The highest BCUT2D eigenvalue weighted by Gasteiger charge is 2.42. The summed E-state index contributed by atoms with van der Waals surface area (Å²) < 4.78 is 13.7. The molecule has 0 bridgehead atoms. The fourth-order valence-corrected chi connectivity index (χ4v) is 3.15. The molecule has 17 heavy (non-hydrogen) atoms. The summed E-state index contributed by atoms with van der Waals surface area (Å²) in [5, 5.41) is 8.96. The lowest BCUT2D eigenvalue weighted by Gasteiger charge is -2.22. The Hall–Kier alpha value is -1.38. The number of halogens is 1. The van der Waals surface area contributed by atoms with Crippen molar-refractivity contribution in [2.75, 3.05) is 0 Å². The highest BCUT2D eigenvalue weighted by molar-refractivity contribution is 5.88. The molecule has 2 nitrogen and oxygen atoms in total. The van der Waals surface area contributed by atoms with Crippen LogP contribution in [-0.2, 0) is 10.8 Å². The fourth-order valence-electron chi connectivity index (χ4n) is 3.15. The summed E-state index contributed by atoms with van der Waals surface area (Å²) >= 11 is 0. The van der Waals surface area contributed by atoms with Crippen molar-refractivity contribution in [2.45, 2.75) is 44.9 Å². The van der Waals surface area contributed by atoms with Gasteiger partial charge in [0.2, 0.25) is 0 Å². The second-order valence-corrected chi connectivity index (χ2v) is 6.13. The molecule has 0 fully saturated rings. The first-order valence-corrected chi connectivity index (χ1v) is 5.73. The van der Waals surface area contributed by atoms with Gasteiger partial charge in [-0.2, -0.15) is 0 Å². The molecular weight excluding hydrogens is 219 g/mol. The van der Waals surface area contributed by atoms with Crippen LogP contribution < -0.4 is 0 Å². The van der Waals surface area contributed by atoms with Gasteiger partial charge in [0.1, 0.15) is 5.82 Å². The molecule has 92 valence electrons. The Labute approximate surface area is 100 Å². The van der Waals surface area contributed by atoms with Crippen molar-refractivity contribution in [3.05, 3.63) is 34.6 Å². The van der Waals surface area contributed by atoms with Crippen LogP contribution in [0.2, 0.25) is 0 Å². The second kappa shape index (κ2) is 3.31. The van der Waals surface area contributed by atoms with Crippen molar-refractivity contribution in [3.63, 3.8) is 0 Å². The highest BCUT2D eigenvalue weighted by atomic mass is 19.1. The molecule has 0 amide bonds. The molecule has 1 aromatic carbocycles. The molecule has 1 aliphatic carbocycles. The molecule has 0 aliphatic heterocycles. The van der Waals surface area contributed by atoms with Crippen LogP contribution in [0, 0.1) is 5.82 Å². The van der Waals surface area contributed by atoms with Gasteiger partial charge in [0.05, 0.1) is 5.56 Å². The number of hydrogen-bond donors (Lipinski definition) is 1. The van der Waals surface area contributed by atoms with E-state index in [4.69, 9.17) is 5.11 Å². The average Bonchev–Trinajstić information content (AvgIpc) is 2.30. The largest absolute Gasteiger partial charge is 0.478 e. The predicted octanol–water partition coefficient (Wildman–Crippen LogP) is 3.48. The maximum atomic E-state index is 13.7. The lowest BCUT2D eigenvalue weighted by Crippen LogP contribution is -2.18. The van der Waals surface area contributed by atoms with Crippen LogP contribution in [0.5, 0.6) is 0 Å². The quantitative estimate of drug-likeness (QED) is 0.810. The molecule has 0 aromatic heterocycles. The van der Waals surface area contributed by atoms with Gasteiger partial charge in [-0.1, -0.05) is 27.7 Å². The number of fused-ring (bicyclic) bond motifs is 1. The summed E-state index contributed by atoms with van der Waals surface area (Å²) in [7, 11) is 0. The number of carboxylic acid groups (broad SMARTS) is 1. The summed E-state index contributed by atoms with van der Waals surface area (Å²) in [6, 6.07) is 2.90. The molecule has 2 rings (SSSR count). The highest BCUT2D eigenvalue weighted by Crippen LogP contribution is 2.49. The van der Waals surface area contributed by atoms with Crippen LogP contribution in [0.4, 0.5) is 4.39 Å². The van der Waals surface area contributed by atoms with Crippen molar-refractivity contribution in [1.82, 2.24) is 0 Å². The predicted molar refractivity (Wildman–Crippen MR) is 64.0 cm³/mol. The average molecular weight is 236 g/mol. The van der Waals surface area contributed by atoms with Crippen LogP contribution in [0.25, 0.3) is 0 Å². The summed E-state index contributed by atoms with van der Waals surface area (Å²) in [5.74, 6) is -1.84. The summed E-state index contributed by atoms with van der Waals surface area (Å²) in [6.45, 7) is 8.29. The van der Waals surface area contributed by atoms with Gasteiger partial charge in [0.15, 0.2) is 0 Å². The van der Waals surface area contributed by atoms with E-state index in [0.29, 0.717) is 0 Å². The van der Waals surface area contributed by atoms with Gasteiger partial charge in [-0.3, -0.25) is 0 Å². The van der Waals surface area contributed by atoms with Crippen molar-refractivity contribution < 1.29 is 14.3 Å². The van der Waals surface area contributed by atoms with E-state index < -0.39 is 11.8 Å². The van der Waals surface area contributed by atoms with E-state index in [1.165, 1.54) is 12.1 Å². The Balaban J connectivity index is 2.72. The van der Waals surface area contributed by atoms with Crippen LogP contribution in [0.15, 0.2) is 12.1 Å². The van der Waals surface area contributed by atoms with E-state index >= 15 is 0 Å². The number of carbonyl (C=O) groups is 1. The molecule has 3 heteroatoms. The third-order valence-electron chi connectivity index (χ3n) is 3.68. The summed E-state index contributed by atoms with van der Waals surface area (Å²) in [5.41, 5.74) is 1.47. The Kier molecular flexibility index (Phi) is 2.35. The minimum atomic E-state index is -1.20. The smallest absolute Gasteiger partial charge is 0.338 e. The first kappa shape index (κ1) is 12.1. The molecule has 0 atom stereocenters. The standard InChI is InChI=1S/C14H17FO2/c1-13(2)7-14(3,4)10-6-11(15)8(12(16)17)5-9(10)13/h5-6H,7H2,1-4H3,(H,16,17). The van der Waals surface area contributed by atoms with E-state index in [1.54, 1.807) is 0 Å². The maximum Gasteiger partial charge on any atom is 0.338 e. The lowest BCUT2D eigenvalue weighted by molar-refractivity contribution is 0.0691. The minimum absolute atomic E-state index is 0.100. The molecule has 0 saturated carbocycles. The molecule has 1 N–H and O–H groups in total. The van der Waals surface area contributed by atoms with E-state index in [-0.39, 0.29) is 16.4 Å². The monoisotopic (exact) mass is 236 g/mol. The first-order chi connectivity index (χ1) is 7.65. The van der Waals surface area contributed by atoms with Crippen molar-refractivity contribution >= 4 is 5.97 Å². The van der Waals surface area contributed by atoms with Gasteiger partial charge >= 0.3 is 5.97 Å². The fraction of sp³-hybridized carbons (Fsp3) is 0.500. The van der Waals surface area contributed by atoms with E-state index in [9.17, 15) is 9.18 Å². The van der Waals surface area contributed by atoms with Crippen LogP contribution in [0.3, 0.4) is 0 Å². The number of aromatic carboxylic acids is 1. The Morgan fingerprint density at radius 1 is 1.18 bits per heavy atom. The van der Waals surface area contributed by atoms with Crippen molar-refractivity contribution in [2.24, 2.45) is 0 Å². The third kappa shape index (κ3) is 1.74. The van der Waals surface area contributed by atoms with E-state index in [0.717, 1.165) is 17.5 Å². The number of benzene rings is 1. The van der Waals surface area contributed by atoms with E-state index in [1.807, 2.05) is 0 Å². The number of rotatable bonds is 1. The van der Waals surface area contributed by atoms with Crippen LogP contribution in [-0.4, -0.2) is 11.1 Å². The zero-order chi connectivity index (χ0) is 13.0. The summed E-state index contributed by atoms with van der Waals surface area (Å²) in [4.78, 5) is 11.0. The Morgan fingerprint density at radius 3 is 2.12 bits per heavy atom. The number of carboxylic acids is 1. The zero-order valence-corrected chi connectivity index (χ0v) is 10.6.